The molecule has 0 unspecified atom stereocenters. The van der Waals surface area contributed by atoms with E-state index in [-0.39, 0.29) is 5.91 Å². The first-order valence-electron chi connectivity index (χ1n) is 12.1. The number of likely N-dealkylation sites (tertiary alicyclic amines) is 1. The fraction of sp³-hybridized carbons (Fsp3) is 0.385. The summed E-state index contributed by atoms with van der Waals surface area (Å²) in [6.07, 6.45) is 14.4. The normalized spacial score (nSPS) is 16.1. The summed E-state index contributed by atoms with van der Waals surface area (Å²) in [5, 5.41) is 4.07. The molecule has 0 bridgehead atoms. The summed E-state index contributed by atoms with van der Waals surface area (Å²) in [5.41, 5.74) is 5.72. The smallest absolute Gasteiger partial charge is 0.242 e. The second kappa shape index (κ2) is 9.67. The Morgan fingerprint density at radius 2 is 2.03 bits per heavy atom. The number of pyridine rings is 1. The third-order valence-corrected chi connectivity index (χ3v) is 6.51. The molecule has 0 aliphatic carbocycles. The Kier molecular flexibility index (Phi) is 6.29. The molecule has 2 N–H and O–H groups in total. The lowest BCUT2D eigenvalue weighted by Gasteiger charge is -2.30. The predicted octanol–water partition coefficient (Wildman–Crippen LogP) is 3.85. The molecule has 176 valence electrons. The van der Waals surface area contributed by atoms with Gasteiger partial charge in [-0.1, -0.05) is 19.1 Å². The van der Waals surface area contributed by atoms with E-state index in [1.54, 1.807) is 0 Å². The number of carbonyl (C=O) groups excluding carboxylic acids is 1. The first-order chi connectivity index (χ1) is 16.6. The molecule has 1 fully saturated rings. The molecule has 2 aliphatic rings. The molecule has 1 saturated heterocycles. The zero-order valence-electron chi connectivity index (χ0n) is 19.8. The van der Waals surface area contributed by atoms with Crippen molar-refractivity contribution in [3.63, 3.8) is 0 Å². The van der Waals surface area contributed by atoms with Gasteiger partial charge in [0.05, 0.1) is 12.2 Å². The Bertz CT molecular complexity index is 1230. The van der Waals surface area contributed by atoms with Crippen molar-refractivity contribution in [2.75, 3.05) is 38.5 Å². The number of anilines is 1. The zero-order chi connectivity index (χ0) is 23.5. The van der Waals surface area contributed by atoms with Gasteiger partial charge in [-0.2, -0.15) is 0 Å². The maximum Gasteiger partial charge on any atom is 0.242 e. The Morgan fingerprint density at radius 3 is 2.82 bits per heavy atom. The Hall–Kier alpha value is -3.68. The largest absolute Gasteiger partial charge is 0.364 e. The van der Waals surface area contributed by atoms with Gasteiger partial charge >= 0.3 is 0 Å². The number of carbonyl (C=O) groups is 1. The summed E-state index contributed by atoms with van der Waals surface area (Å²) in [6, 6.07) is 4.18. The van der Waals surface area contributed by atoms with Crippen LogP contribution in [0.5, 0.6) is 0 Å². The van der Waals surface area contributed by atoms with Crippen molar-refractivity contribution >= 4 is 28.5 Å². The number of amides is 1. The molecule has 0 radical (unpaired) electrons. The minimum Gasteiger partial charge on any atom is -0.364 e. The maximum atomic E-state index is 12.8. The lowest BCUT2D eigenvalue weighted by atomic mass is 10.0. The van der Waals surface area contributed by atoms with Crippen molar-refractivity contribution in [1.82, 2.24) is 29.7 Å². The molecule has 5 rings (SSSR count). The molecular weight excluding hydrogens is 426 g/mol. The van der Waals surface area contributed by atoms with Crippen molar-refractivity contribution in [2.45, 2.75) is 32.6 Å². The van der Waals surface area contributed by atoms with Gasteiger partial charge in [0.1, 0.15) is 5.65 Å². The van der Waals surface area contributed by atoms with Crippen molar-refractivity contribution < 1.29 is 4.79 Å². The average Bonchev–Trinajstić information content (AvgIpc) is 3.32. The van der Waals surface area contributed by atoms with Gasteiger partial charge in [-0.05, 0) is 43.4 Å². The van der Waals surface area contributed by atoms with Gasteiger partial charge in [0.15, 0.2) is 0 Å². The van der Waals surface area contributed by atoms with Crippen molar-refractivity contribution in [3.05, 3.63) is 54.1 Å². The van der Waals surface area contributed by atoms with Gasteiger partial charge < -0.3 is 20.1 Å². The number of allylic oxidation sites excluding steroid dienone is 2. The molecule has 2 aliphatic heterocycles. The highest BCUT2D eigenvalue weighted by atomic mass is 16.2. The number of aryl methyl sites for hydroxylation is 1. The average molecular weight is 458 g/mol. The van der Waals surface area contributed by atoms with Crippen LogP contribution < -0.4 is 5.32 Å². The monoisotopic (exact) mass is 457 g/mol. The number of aromatic amines is 1. The van der Waals surface area contributed by atoms with E-state index < -0.39 is 0 Å². The van der Waals surface area contributed by atoms with Gasteiger partial charge in [0.25, 0.3) is 0 Å². The maximum absolute atomic E-state index is 12.8. The van der Waals surface area contributed by atoms with Crippen LogP contribution in [0.4, 0.5) is 5.95 Å². The quantitative estimate of drug-likeness (QED) is 0.584. The van der Waals surface area contributed by atoms with E-state index in [2.05, 4.69) is 61.5 Å². The van der Waals surface area contributed by atoms with Crippen LogP contribution in [0, 0.1) is 0 Å². The van der Waals surface area contributed by atoms with Crippen LogP contribution in [0.3, 0.4) is 0 Å². The number of piperidine rings is 1. The molecule has 0 saturated carbocycles. The molecular formula is C26H31N7O. The Morgan fingerprint density at radius 1 is 1.18 bits per heavy atom. The second-order valence-electron chi connectivity index (χ2n) is 8.85. The third kappa shape index (κ3) is 4.53. The standard InChI is InChI=1S/C26H31N7O/c1-3-20-13-23(31-26(27-2)30-20)22-15-29-25-21(22)12-19(14-28-25)18-8-7-9-32(16-18)17-24(34)33-10-5-4-6-11-33/h7-8,12-16H,3-6,9-11,17H2,1-2H3,(H,28,29)(H,27,30,31). The highest BCUT2D eigenvalue weighted by Crippen LogP contribution is 2.30. The Labute approximate surface area is 199 Å². The fourth-order valence-electron chi connectivity index (χ4n) is 4.61. The highest BCUT2D eigenvalue weighted by molar-refractivity contribution is 5.95. The molecule has 0 spiro atoms. The van der Waals surface area contributed by atoms with Gasteiger partial charge in [0.2, 0.25) is 11.9 Å². The number of hydrogen-bond acceptors (Lipinski definition) is 6. The molecule has 8 heteroatoms. The lowest BCUT2D eigenvalue weighted by Crippen LogP contribution is -2.41. The number of H-pyrrole nitrogens is 1. The van der Waals surface area contributed by atoms with Crippen LogP contribution in [0.1, 0.15) is 37.4 Å². The lowest BCUT2D eigenvalue weighted by molar-refractivity contribution is -0.132. The molecule has 3 aromatic heterocycles. The van der Waals surface area contributed by atoms with E-state index in [1.165, 1.54) is 6.42 Å². The fourth-order valence-corrected chi connectivity index (χ4v) is 4.61. The molecule has 0 atom stereocenters. The van der Waals surface area contributed by atoms with Crippen LogP contribution in [0.15, 0.2) is 42.9 Å². The molecule has 1 amide bonds. The minimum absolute atomic E-state index is 0.211. The van der Waals surface area contributed by atoms with Crippen LogP contribution in [-0.4, -0.2) is 68.9 Å². The van der Waals surface area contributed by atoms with Gasteiger partial charge in [-0.3, -0.25) is 4.79 Å². The number of fused-ring (bicyclic) bond motifs is 1. The highest BCUT2D eigenvalue weighted by Gasteiger charge is 2.19. The van der Waals surface area contributed by atoms with E-state index in [4.69, 9.17) is 0 Å². The summed E-state index contributed by atoms with van der Waals surface area (Å²) >= 11 is 0. The zero-order valence-corrected chi connectivity index (χ0v) is 19.8. The van der Waals surface area contributed by atoms with Crippen molar-refractivity contribution in [1.29, 1.82) is 0 Å². The van der Waals surface area contributed by atoms with Crippen LogP contribution in [0.2, 0.25) is 0 Å². The first kappa shape index (κ1) is 22.1. The molecule has 3 aromatic rings. The second-order valence-corrected chi connectivity index (χ2v) is 8.85. The number of hydrogen-bond donors (Lipinski definition) is 2. The summed E-state index contributed by atoms with van der Waals surface area (Å²) in [6.45, 7) is 5.00. The minimum atomic E-state index is 0.211. The SMILES string of the molecule is CCc1cc(-c2c[nH]c3ncc(C4=CN(CC(=O)N5CCCCC5)CC=C4)cc23)nc(NC)n1. The summed E-state index contributed by atoms with van der Waals surface area (Å²) in [5.74, 6) is 0.822. The summed E-state index contributed by atoms with van der Waals surface area (Å²) < 4.78 is 0. The van der Waals surface area contributed by atoms with Crippen molar-refractivity contribution in [2.24, 2.45) is 0 Å². The van der Waals surface area contributed by atoms with E-state index in [1.807, 2.05) is 30.4 Å². The summed E-state index contributed by atoms with van der Waals surface area (Å²) in [4.78, 5) is 34.0. The number of nitrogens with one attached hydrogen (secondary N) is 2. The van der Waals surface area contributed by atoms with Gasteiger partial charge in [-0.25, -0.2) is 15.0 Å². The predicted molar refractivity (Wildman–Crippen MR) is 135 cm³/mol. The van der Waals surface area contributed by atoms with E-state index in [0.717, 1.165) is 78.0 Å². The van der Waals surface area contributed by atoms with Gasteiger partial charge in [0, 0.05) is 67.5 Å². The van der Waals surface area contributed by atoms with Crippen LogP contribution in [0.25, 0.3) is 27.9 Å². The Balaban J connectivity index is 1.43. The van der Waals surface area contributed by atoms with E-state index in [9.17, 15) is 4.79 Å². The molecule has 34 heavy (non-hydrogen) atoms. The molecule has 8 nitrogen and oxygen atoms in total. The van der Waals surface area contributed by atoms with Crippen molar-refractivity contribution in [3.8, 4) is 11.3 Å². The third-order valence-electron chi connectivity index (χ3n) is 6.51. The van der Waals surface area contributed by atoms with Crippen LogP contribution in [-0.2, 0) is 11.2 Å². The van der Waals surface area contributed by atoms with Gasteiger partial charge in [-0.15, -0.1) is 0 Å². The molecule has 5 heterocycles. The van der Waals surface area contributed by atoms with Crippen LogP contribution >= 0.6 is 0 Å². The summed E-state index contributed by atoms with van der Waals surface area (Å²) in [7, 11) is 1.83. The van der Waals surface area contributed by atoms with E-state index in [0.29, 0.717) is 12.5 Å². The number of rotatable bonds is 6. The topological polar surface area (TPSA) is 90.0 Å². The number of aromatic nitrogens is 4. The molecule has 0 aromatic carbocycles. The number of nitrogens with zero attached hydrogens (tertiary/aromatic N) is 5. The first-order valence-corrected chi connectivity index (χ1v) is 12.1. The van der Waals surface area contributed by atoms with E-state index >= 15 is 0 Å².